The van der Waals surface area contributed by atoms with Gasteiger partial charge in [0.05, 0.1) is 9.67 Å². The molecule has 268 valence electrons. The maximum Gasteiger partial charge on any atom is 0.422 e. The van der Waals surface area contributed by atoms with Crippen molar-refractivity contribution in [1.82, 2.24) is 14.3 Å². The van der Waals surface area contributed by atoms with Crippen molar-refractivity contribution in [3.63, 3.8) is 0 Å². The lowest BCUT2D eigenvalue weighted by Crippen LogP contribution is -2.48. The summed E-state index contributed by atoms with van der Waals surface area (Å²) in [6.07, 6.45) is -1.42. The highest BCUT2D eigenvalue weighted by atomic mass is 32.2. The van der Waals surface area contributed by atoms with Crippen molar-refractivity contribution in [3.8, 4) is 0 Å². The number of nitro benzene ring substituents is 1. The fraction of sp³-hybridized carbons (Fsp3) is 0.297. The number of carbonyl (C=O) groups is 2. The van der Waals surface area contributed by atoms with Gasteiger partial charge in [-0.1, -0.05) is 91.0 Å². The zero-order valence-electron chi connectivity index (χ0n) is 28.4. The summed E-state index contributed by atoms with van der Waals surface area (Å²) >= 11 is 1.67. The van der Waals surface area contributed by atoms with Crippen LogP contribution in [0.5, 0.6) is 0 Å². The number of benzene rings is 4. The van der Waals surface area contributed by atoms with Gasteiger partial charge in [-0.25, -0.2) is 14.3 Å². The van der Waals surface area contributed by atoms with Crippen LogP contribution in [0.3, 0.4) is 0 Å². The monoisotopic (exact) mass is 732 g/mol. The van der Waals surface area contributed by atoms with Gasteiger partial charge in [-0.2, -0.15) is 13.1 Å². The number of non-ortho nitro benzene ring substituents is 1. The molecule has 1 aliphatic heterocycles. The van der Waals surface area contributed by atoms with Gasteiger partial charge in [-0.3, -0.25) is 10.1 Å². The zero-order valence-corrected chi connectivity index (χ0v) is 30.1. The van der Waals surface area contributed by atoms with Gasteiger partial charge >= 0.3 is 22.4 Å². The number of thioether (sulfide) groups is 1. The number of ether oxygens (including phenoxy) is 2. The number of nitrogens with zero attached hydrogens (tertiary/aromatic N) is 2. The van der Waals surface area contributed by atoms with Gasteiger partial charge in [0.25, 0.3) is 5.69 Å². The highest BCUT2D eigenvalue weighted by molar-refractivity contribution is 8.01. The number of amides is 2. The van der Waals surface area contributed by atoms with Crippen LogP contribution in [0, 0.1) is 10.1 Å². The van der Waals surface area contributed by atoms with Crippen LogP contribution in [-0.4, -0.2) is 60.4 Å². The summed E-state index contributed by atoms with van der Waals surface area (Å²) in [4.78, 5) is 38.0. The van der Waals surface area contributed by atoms with Gasteiger partial charge in [0, 0.05) is 36.5 Å². The molecular weight excluding hydrogens is 693 g/mol. The van der Waals surface area contributed by atoms with E-state index in [1.54, 1.807) is 32.5 Å². The third-order valence-electron chi connectivity index (χ3n) is 8.13. The normalized spacial score (nSPS) is 16.3. The maximum absolute atomic E-state index is 13.7. The molecule has 0 aliphatic carbocycles. The van der Waals surface area contributed by atoms with Gasteiger partial charge in [0.2, 0.25) is 0 Å². The Morgan fingerprint density at radius 3 is 1.84 bits per heavy atom. The van der Waals surface area contributed by atoms with Crippen LogP contribution in [0.25, 0.3) is 0 Å². The largest absolute Gasteiger partial charge is 0.445 e. The van der Waals surface area contributed by atoms with E-state index in [2.05, 4.69) is 41.1 Å². The molecule has 51 heavy (non-hydrogen) atoms. The SMILES string of the molecule is CC(C)(C)OC(=O)NS(=O)(=O)NC[C@@H]1C[C@H](SC(c2ccccc2)(c2ccccc2)c2ccccc2)CN1C(=O)OCc1ccc([N+](=O)[O-])cc1. The highest BCUT2D eigenvalue weighted by Crippen LogP contribution is 2.52. The summed E-state index contributed by atoms with van der Waals surface area (Å²) in [5, 5.41) is 10.9. The van der Waals surface area contributed by atoms with Crippen LogP contribution >= 0.6 is 11.8 Å². The molecule has 2 amide bonds. The van der Waals surface area contributed by atoms with E-state index in [1.807, 2.05) is 59.3 Å². The molecule has 5 rings (SSSR count). The summed E-state index contributed by atoms with van der Waals surface area (Å²) in [6.45, 7) is 4.71. The predicted molar refractivity (Wildman–Crippen MR) is 195 cm³/mol. The molecule has 4 aromatic rings. The van der Waals surface area contributed by atoms with Crippen LogP contribution in [0.2, 0.25) is 0 Å². The van der Waals surface area contributed by atoms with Crippen molar-refractivity contribution < 1.29 is 32.4 Å². The summed E-state index contributed by atoms with van der Waals surface area (Å²) in [5.74, 6) is 0. The van der Waals surface area contributed by atoms with E-state index in [4.69, 9.17) is 9.47 Å². The minimum Gasteiger partial charge on any atom is -0.445 e. The molecule has 0 bridgehead atoms. The highest BCUT2D eigenvalue weighted by Gasteiger charge is 2.45. The average molecular weight is 733 g/mol. The predicted octanol–water partition coefficient (Wildman–Crippen LogP) is 6.76. The number of carbonyl (C=O) groups excluding carboxylic acids is 2. The van der Waals surface area contributed by atoms with Gasteiger partial charge in [-0.15, -0.1) is 11.8 Å². The molecule has 4 aromatic carbocycles. The molecule has 12 nitrogen and oxygen atoms in total. The van der Waals surface area contributed by atoms with Crippen LogP contribution < -0.4 is 9.44 Å². The van der Waals surface area contributed by atoms with Crippen LogP contribution in [0.1, 0.15) is 49.4 Å². The first-order valence-corrected chi connectivity index (χ1v) is 18.6. The zero-order chi connectivity index (χ0) is 36.6. The Labute approximate surface area is 301 Å². The summed E-state index contributed by atoms with van der Waals surface area (Å²) in [7, 11) is -4.35. The number of hydrogen-bond acceptors (Lipinski definition) is 9. The Hall–Kier alpha value is -4.92. The lowest BCUT2D eigenvalue weighted by molar-refractivity contribution is -0.384. The van der Waals surface area contributed by atoms with E-state index in [0.29, 0.717) is 12.0 Å². The van der Waals surface area contributed by atoms with Crippen molar-refractivity contribution in [2.75, 3.05) is 13.1 Å². The molecule has 1 fully saturated rings. The Balaban J connectivity index is 1.44. The molecule has 0 aromatic heterocycles. The smallest absolute Gasteiger partial charge is 0.422 e. The minimum atomic E-state index is -4.35. The molecule has 0 unspecified atom stereocenters. The molecule has 1 aliphatic rings. The summed E-state index contributed by atoms with van der Waals surface area (Å²) < 4.78 is 40.1. The van der Waals surface area contributed by atoms with Crippen molar-refractivity contribution in [3.05, 3.63) is 148 Å². The molecule has 2 N–H and O–H groups in total. The molecular formula is C37H40N4O8S2. The maximum atomic E-state index is 13.7. The third-order valence-corrected chi connectivity index (χ3v) is 10.8. The second kappa shape index (κ2) is 16.0. The second-order valence-electron chi connectivity index (χ2n) is 13.0. The van der Waals surface area contributed by atoms with Crippen molar-refractivity contribution in [2.45, 2.75) is 55.4 Å². The second-order valence-corrected chi connectivity index (χ2v) is 16.0. The number of nitro groups is 1. The number of nitrogens with one attached hydrogen (secondary N) is 2. The molecule has 0 saturated carbocycles. The van der Waals surface area contributed by atoms with E-state index < -0.39 is 43.7 Å². The van der Waals surface area contributed by atoms with E-state index in [0.717, 1.165) is 16.7 Å². The quantitative estimate of drug-likeness (QED) is 0.0913. The van der Waals surface area contributed by atoms with E-state index in [1.165, 1.54) is 29.2 Å². The number of likely N-dealkylation sites (tertiary alicyclic amines) is 1. The first-order chi connectivity index (χ1) is 24.3. The Kier molecular flexibility index (Phi) is 11.7. The van der Waals surface area contributed by atoms with Gasteiger partial charge in [0.15, 0.2) is 0 Å². The summed E-state index contributed by atoms with van der Waals surface area (Å²) in [5.41, 5.74) is 2.65. The van der Waals surface area contributed by atoms with Crippen molar-refractivity contribution in [2.24, 2.45) is 0 Å². The van der Waals surface area contributed by atoms with Crippen LogP contribution in [-0.2, 0) is 31.0 Å². The van der Waals surface area contributed by atoms with Gasteiger partial charge in [-0.05, 0) is 61.6 Å². The Morgan fingerprint density at radius 1 is 0.863 bits per heavy atom. The van der Waals surface area contributed by atoms with E-state index in [-0.39, 0.29) is 30.6 Å². The summed E-state index contributed by atoms with van der Waals surface area (Å²) in [6, 6.07) is 35.3. The van der Waals surface area contributed by atoms with E-state index >= 15 is 0 Å². The molecule has 1 saturated heterocycles. The first-order valence-electron chi connectivity index (χ1n) is 16.3. The number of rotatable bonds is 12. The fourth-order valence-corrected chi connectivity index (χ4v) is 8.56. The van der Waals surface area contributed by atoms with Crippen LogP contribution in [0.4, 0.5) is 15.3 Å². The lowest BCUT2D eigenvalue weighted by atomic mass is 9.84. The first kappa shape index (κ1) is 37.3. The minimum absolute atomic E-state index is 0.0874. The van der Waals surface area contributed by atoms with Gasteiger partial charge < -0.3 is 14.4 Å². The Morgan fingerprint density at radius 2 is 1.37 bits per heavy atom. The van der Waals surface area contributed by atoms with Crippen molar-refractivity contribution >= 4 is 39.8 Å². The molecule has 2 atom stereocenters. The molecule has 0 spiro atoms. The third kappa shape index (κ3) is 9.66. The topological polar surface area (TPSA) is 157 Å². The fourth-order valence-electron chi connectivity index (χ4n) is 5.94. The van der Waals surface area contributed by atoms with Crippen molar-refractivity contribution in [1.29, 1.82) is 0 Å². The molecule has 1 heterocycles. The molecule has 14 heteroatoms. The van der Waals surface area contributed by atoms with Gasteiger partial charge in [0.1, 0.15) is 12.2 Å². The van der Waals surface area contributed by atoms with Crippen LogP contribution in [0.15, 0.2) is 115 Å². The Bertz CT molecular complexity index is 1810. The van der Waals surface area contributed by atoms with E-state index in [9.17, 15) is 28.1 Å². The lowest BCUT2D eigenvalue weighted by Gasteiger charge is -2.37. The number of hydrogen-bond donors (Lipinski definition) is 2. The molecule has 0 radical (unpaired) electrons. The standard InChI is InChI=1S/C37H40N4O8S2/c1-36(2,3)49-34(42)39-51(46,47)38-24-32-23-33(25-40(32)35(43)48-26-27-19-21-31(22-20-27)41(44)45)50-37(28-13-7-4-8-14-28,29-15-9-5-10-16-29)30-17-11-6-12-18-30/h4-22,32-33,38H,23-26H2,1-3H3,(H,39,42)/t32-,33-/m0/s1. The average Bonchev–Trinajstić information content (AvgIpc) is 3.51.